The molecule has 4 nitrogen and oxygen atoms in total. The lowest BCUT2D eigenvalue weighted by Gasteiger charge is -2.27. The van der Waals surface area contributed by atoms with Crippen LogP contribution in [0.2, 0.25) is 0 Å². The molecule has 1 fully saturated rings. The summed E-state index contributed by atoms with van der Waals surface area (Å²) in [4.78, 5) is 26.4. The van der Waals surface area contributed by atoms with Crippen molar-refractivity contribution in [2.45, 2.75) is 46.2 Å². The van der Waals surface area contributed by atoms with E-state index in [9.17, 15) is 9.59 Å². The standard InChI is InChI=1S/C17H24N2O2/c1-4-12(2)16-17(21)19(10-9-15(20)18-16)11-14-8-6-5-7-13(14)3/h5-8,12,16H,4,9-11H2,1-3H3,(H,18,20). The lowest BCUT2D eigenvalue weighted by molar-refractivity contribution is -0.135. The summed E-state index contributed by atoms with van der Waals surface area (Å²) in [7, 11) is 0. The Balaban J connectivity index is 2.20. The van der Waals surface area contributed by atoms with Crippen molar-refractivity contribution >= 4 is 11.8 Å². The quantitative estimate of drug-likeness (QED) is 0.924. The van der Waals surface area contributed by atoms with Gasteiger partial charge in [-0.2, -0.15) is 0 Å². The molecule has 1 aliphatic rings. The molecule has 0 aromatic heterocycles. The molecule has 21 heavy (non-hydrogen) atoms. The Hall–Kier alpha value is -1.84. The topological polar surface area (TPSA) is 49.4 Å². The number of carbonyl (C=O) groups excluding carboxylic acids is 2. The van der Waals surface area contributed by atoms with E-state index < -0.39 is 6.04 Å². The van der Waals surface area contributed by atoms with Gasteiger partial charge in [0.15, 0.2) is 0 Å². The zero-order valence-corrected chi connectivity index (χ0v) is 13.1. The minimum absolute atomic E-state index is 0.0269. The molecule has 0 aliphatic carbocycles. The predicted octanol–water partition coefficient (Wildman–Crippen LogP) is 2.26. The molecule has 0 saturated carbocycles. The number of hydrogen-bond donors (Lipinski definition) is 1. The summed E-state index contributed by atoms with van der Waals surface area (Å²) in [6, 6.07) is 7.68. The van der Waals surface area contributed by atoms with E-state index in [4.69, 9.17) is 0 Å². The molecule has 0 radical (unpaired) electrons. The summed E-state index contributed by atoms with van der Waals surface area (Å²) in [5.74, 6) is 0.165. The van der Waals surface area contributed by atoms with E-state index in [0.717, 1.165) is 12.0 Å². The number of hydrogen-bond acceptors (Lipinski definition) is 2. The van der Waals surface area contributed by atoms with Crippen LogP contribution in [0.25, 0.3) is 0 Å². The van der Waals surface area contributed by atoms with E-state index in [0.29, 0.717) is 19.5 Å². The third-order valence-corrected chi connectivity index (χ3v) is 4.34. The highest BCUT2D eigenvalue weighted by molar-refractivity contribution is 5.90. The number of benzene rings is 1. The minimum Gasteiger partial charge on any atom is -0.344 e. The summed E-state index contributed by atoms with van der Waals surface area (Å²) >= 11 is 0. The first-order chi connectivity index (χ1) is 10.0. The Morgan fingerprint density at radius 3 is 2.71 bits per heavy atom. The molecular formula is C17H24N2O2. The summed E-state index contributed by atoms with van der Waals surface area (Å²) in [6.45, 7) is 7.17. The van der Waals surface area contributed by atoms with E-state index in [2.05, 4.69) is 5.32 Å². The van der Waals surface area contributed by atoms with Gasteiger partial charge in [0.1, 0.15) is 6.04 Å². The Kier molecular flexibility index (Phi) is 4.99. The molecule has 2 unspecified atom stereocenters. The van der Waals surface area contributed by atoms with Crippen LogP contribution in [0.3, 0.4) is 0 Å². The molecule has 1 saturated heterocycles. The second-order valence-electron chi connectivity index (χ2n) is 5.87. The van der Waals surface area contributed by atoms with Gasteiger partial charge in [-0.15, -0.1) is 0 Å². The van der Waals surface area contributed by atoms with Crippen molar-refractivity contribution < 1.29 is 9.59 Å². The molecule has 1 heterocycles. The SMILES string of the molecule is CCC(C)C1NC(=O)CCN(Cc2ccccc2C)C1=O. The number of rotatable bonds is 4. The molecule has 0 bridgehead atoms. The molecule has 2 amide bonds. The molecule has 4 heteroatoms. The number of nitrogens with zero attached hydrogens (tertiary/aromatic N) is 1. The van der Waals surface area contributed by atoms with Crippen molar-refractivity contribution in [1.82, 2.24) is 10.2 Å². The minimum atomic E-state index is -0.394. The first kappa shape index (κ1) is 15.5. The lowest BCUT2D eigenvalue weighted by Crippen LogP contribution is -2.48. The molecular weight excluding hydrogens is 264 g/mol. The molecule has 114 valence electrons. The lowest BCUT2D eigenvalue weighted by atomic mass is 9.98. The molecule has 2 rings (SSSR count). The fourth-order valence-corrected chi connectivity index (χ4v) is 2.62. The highest BCUT2D eigenvalue weighted by Gasteiger charge is 2.32. The maximum Gasteiger partial charge on any atom is 0.245 e. The summed E-state index contributed by atoms with van der Waals surface area (Å²) in [6.07, 6.45) is 1.25. The average molecular weight is 288 g/mol. The third kappa shape index (κ3) is 3.63. The van der Waals surface area contributed by atoms with Gasteiger partial charge < -0.3 is 10.2 Å². The average Bonchev–Trinajstić information content (AvgIpc) is 2.62. The molecule has 1 N–H and O–H groups in total. The zero-order valence-electron chi connectivity index (χ0n) is 13.1. The van der Waals surface area contributed by atoms with E-state index in [-0.39, 0.29) is 17.7 Å². The number of nitrogens with one attached hydrogen (secondary N) is 1. The summed E-state index contributed by atoms with van der Waals surface area (Å²) < 4.78 is 0. The second-order valence-corrected chi connectivity index (χ2v) is 5.87. The van der Waals surface area contributed by atoms with E-state index in [1.165, 1.54) is 5.56 Å². The summed E-state index contributed by atoms with van der Waals surface area (Å²) in [5, 5.41) is 2.88. The Bertz CT molecular complexity index is 527. The molecule has 1 aromatic carbocycles. The summed E-state index contributed by atoms with van der Waals surface area (Å²) in [5.41, 5.74) is 2.32. The smallest absolute Gasteiger partial charge is 0.245 e. The van der Waals surface area contributed by atoms with Crippen LogP contribution in [-0.2, 0) is 16.1 Å². The van der Waals surface area contributed by atoms with E-state index >= 15 is 0 Å². The van der Waals surface area contributed by atoms with Crippen molar-refractivity contribution in [3.8, 4) is 0 Å². The molecule has 1 aliphatic heterocycles. The maximum atomic E-state index is 12.7. The van der Waals surface area contributed by atoms with E-state index in [1.807, 2.05) is 49.9 Å². The van der Waals surface area contributed by atoms with Crippen molar-refractivity contribution in [1.29, 1.82) is 0 Å². The largest absolute Gasteiger partial charge is 0.344 e. The van der Waals surface area contributed by atoms with Crippen LogP contribution in [0.1, 0.15) is 37.8 Å². The number of amides is 2. The van der Waals surface area contributed by atoms with Crippen molar-refractivity contribution in [3.05, 3.63) is 35.4 Å². The first-order valence-corrected chi connectivity index (χ1v) is 7.65. The van der Waals surface area contributed by atoms with Crippen LogP contribution in [0.15, 0.2) is 24.3 Å². The van der Waals surface area contributed by atoms with Crippen LogP contribution in [0.4, 0.5) is 0 Å². The normalized spacial score (nSPS) is 20.9. The number of aryl methyl sites for hydroxylation is 1. The van der Waals surface area contributed by atoms with Gasteiger partial charge in [0.2, 0.25) is 11.8 Å². The van der Waals surface area contributed by atoms with Crippen LogP contribution < -0.4 is 5.32 Å². The maximum absolute atomic E-state index is 12.7. The Morgan fingerprint density at radius 1 is 1.33 bits per heavy atom. The van der Waals surface area contributed by atoms with Gasteiger partial charge in [0.25, 0.3) is 0 Å². The third-order valence-electron chi connectivity index (χ3n) is 4.34. The Morgan fingerprint density at radius 2 is 2.05 bits per heavy atom. The Labute approximate surface area is 126 Å². The zero-order chi connectivity index (χ0) is 15.4. The predicted molar refractivity (Wildman–Crippen MR) is 82.6 cm³/mol. The molecule has 2 atom stereocenters. The van der Waals surface area contributed by atoms with Crippen LogP contribution >= 0.6 is 0 Å². The van der Waals surface area contributed by atoms with E-state index in [1.54, 1.807) is 0 Å². The van der Waals surface area contributed by atoms with Crippen LogP contribution in [0, 0.1) is 12.8 Å². The number of carbonyl (C=O) groups is 2. The van der Waals surface area contributed by atoms with Gasteiger partial charge in [0, 0.05) is 19.5 Å². The monoisotopic (exact) mass is 288 g/mol. The molecule has 1 aromatic rings. The van der Waals surface area contributed by atoms with Gasteiger partial charge in [-0.1, -0.05) is 44.5 Å². The first-order valence-electron chi connectivity index (χ1n) is 7.65. The second kappa shape index (κ2) is 6.74. The van der Waals surface area contributed by atoms with Gasteiger partial charge in [-0.25, -0.2) is 0 Å². The van der Waals surface area contributed by atoms with Crippen LogP contribution in [-0.4, -0.2) is 29.3 Å². The van der Waals surface area contributed by atoms with Gasteiger partial charge >= 0.3 is 0 Å². The van der Waals surface area contributed by atoms with Gasteiger partial charge in [-0.3, -0.25) is 9.59 Å². The highest BCUT2D eigenvalue weighted by atomic mass is 16.2. The van der Waals surface area contributed by atoms with Crippen molar-refractivity contribution in [2.24, 2.45) is 5.92 Å². The fraction of sp³-hybridized carbons (Fsp3) is 0.529. The van der Waals surface area contributed by atoms with Crippen LogP contribution in [0.5, 0.6) is 0 Å². The van der Waals surface area contributed by atoms with Gasteiger partial charge in [0.05, 0.1) is 0 Å². The van der Waals surface area contributed by atoms with Crippen molar-refractivity contribution in [2.75, 3.05) is 6.54 Å². The fourth-order valence-electron chi connectivity index (χ4n) is 2.62. The van der Waals surface area contributed by atoms with Crippen molar-refractivity contribution in [3.63, 3.8) is 0 Å². The highest BCUT2D eigenvalue weighted by Crippen LogP contribution is 2.18. The molecule has 0 spiro atoms. The van der Waals surface area contributed by atoms with Gasteiger partial charge in [-0.05, 0) is 24.0 Å².